The van der Waals surface area contributed by atoms with E-state index in [1.807, 2.05) is 30.4 Å². The molecule has 0 fully saturated rings. The molecule has 0 unspecified atom stereocenters. The molecule has 3 nitrogen and oxygen atoms in total. The highest BCUT2D eigenvalue weighted by Gasteiger charge is 2.25. The topological polar surface area (TPSA) is 38.7 Å². The number of hydrogen-bond donors (Lipinski definition) is 1. The Bertz CT molecular complexity index is 384. The zero-order valence-electron chi connectivity index (χ0n) is 8.81. The van der Waals surface area contributed by atoms with E-state index >= 15 is 0 Å². The number of benzene rings is 1. The van der Waals surface area contributed by atoms with Crippen LogP contribution in [0.1, 0.15) is 17.2 Å². The summed E-state index contributed by atoms with van der Waals surface area (Å²) in [5.41, 5.74) is 1.78. The first-order chi connectivity index (χ1) is 7.27. The summed E-state index contributed by atoms with van der Waals surface area (Å²) in [6.45, 7) is 0. The van der Waals surface area contributed by atoms with Crippen LogP contribution in [-0.4, -0.2) is 25.4 Å². The van der Waals surface area contributed by atoms with Crippen molar-refractivity contribution in [1.29, 1.82) is 0 Å². The van der Waals surface area contributed by atoms with Gasteiger partial charge in [0.15, 0.2) is 0 Å². The van der Waals surface area contributed by atoms with Crippen molar-refractivity contribution < 1.29 is 14.6 Å². The lowest BCUT2D eigenvalue weighted by Gasteiger charge is -2.25. The first-order valence-corrected chi connectivity index (χ1v) is 4.84. The molecule has 3 heteroatoms. The molecule has 1 aromatic carbocycles. The van der Waals surface area contributed by atoms with Crippen LogP contribution in [-0.2, 0) is 4.74 Å². The van der Waals surface area contributed by atoms with Crippen molar-refractivity contribution in [3.05, 3.63) is 35.4 Å². The van der Waals surface area contributed by atoms with Crippen LogP contribution in [0, 0.1) is 0 Å². The molecule has 1 aliphatic carbocycles. The Balaban J connectivity index is 2.48. The predicted octanol–water partition coefficient (Wildman–Crippen LogP) is 1.77. The van der Waals surface area contributed by atoms with Crippen LogP contribution in [0.3, 0.4) is 0 Å². The van der Waals surface area contributed by atoms with Crippen LogP contribution < -0.4 is 4.74 Å². The molecule has 0 aromatic heterocycles. The fourth-order valence-electron chi connectivity index (χ4n) is 1.86. The smallest absolute Gasteiger partial charge is 0.126 e. The number of hydrogen-bond acceptors (Lipinski definition) is 3. The molecule has 2 rings (SSSR count). The van der Waals surface area contributed by atoms with Crippen molar-refractivity contribution in [3.8, 4) is 5.75 Å². The van der Waals surface area contributed by atoms with Crippen molar-refractivity contribution in [2.24, 2.45) is 0 Å². The summed E-state index contributed by atoms with van der Waals surface area (Å²) < 4.78 is 10.4. The highest BCUT2D eigenvalue weighted by molar-refractivity contribution is 5.64. The summed E-state index contributed by atoms with van der Waals surface area (Å²) in [7, 11) is 3.21. The van der Waals surface area contributed by atoms with Gasteiger partial charge in [-0.25, -0.2) is 0 Å². The second kappa shape index (κ2) is 4.04. The Morgan fingerprint density at radius 2 is 2.07 bits per heavy atom. The van der Waals surface area contributed by atoms with E-state index in [0.29, 0.717) is 0 Å². The first-order valence-electron chi connectivity index (χ1n) is 4.84. The highest BCUT2D eigenvalue weighted by Crippen LogP contribution is 2.34. The van der Waals surface area contributed by atoms with Gasteiger partial charge in [0, 0.05) is 12.7 Å². The summed E-state index contributed by atoms with van der Waals surface area (Å²) in [4.78, 5) is 0. The summed E-state index contributed by atoms with van der Waals surface area (Å²) in [6.07, 6.45) is 2.87. The molecule has 80 valence electrons. The van der Waals surface area contributed by atoms with Crippen LogP contribution in [0.2, 0.25) is 0 Å². The summed E-state index contributed by atoms with van der Waals surface area (Å²) in [5, 5.41) is 10.0. The van der Waals surface area contributed by atoms with Crippen LogP contribution in [0.5, 0.6) is 5.75 Å². The van der Waals surface area contributed by atoms with E-state index in [2.05, 4.69) is 0 Å². The molecule has 0 spiro atoms. The summed E-state index contributed by atoms with van der Waals surface area (Å²) in [5.74, 6) is 0.775. The Hall–Kier alpha value is -1.32. The first kappa shape index (κ1) is 10.2. The van der Waals surface area contributed by atoms with Gasteiger partial charge in [-0.3, -0.25) is 0 Å². The quantitative estimate of drug-likeness (QED) is 0.801. The number of methoxy groups -OCH3 is 2. The lowest BCUT2D eigenvalue weighted by atomic mass is 9.92. The third-order valence-electron chi connectivity index (χ3n) is 2.67. The van der Waals surface area contributed by atoms with Gasteiger partial charge in [-0.2, -0.15) is 0 Å². The van der Waals surface area contributed by atoms with Crippen molar-refractivity contribution in [1.82, 2.24) is 0 Å². The van der Waals surface area contributed by atoms with Gasteiger partial charge in [-0.05, 0) is 11.6 Å². The van der Waals surface area contributed by atoms with Crippen LogP contribution in [0.15, 0.2) is 24.3 Å². The fourth-order valence-corrected chi connectivity index (χ4v) is 1.86. The highest BCUT2D eigenvalue weighted by atomic mass is 16.5. The molecule has 15 heavy (non-hydrogen) atoms. The molecule has 0 heterocycles. The maximum absolute atomic E-state index is 10.0. The Kier molecular flexibility index (Phi) is 2.75. The van der Waals surface area contributed by atoms with Gasteiger partial charge in [-0.1, -0.05) is 24.3 Å². The van der Waals surface area contributed by atoms with Crippen molar-refractivity contribution >= 4 is 6.08 Å². The van der Waals surface area contributed by atoms with E-state index in [0.717, 1.165) is 16.9 Å². The average molecular weight is 206 g/mol. The minimum absolute atomic E-state index is 0.274. The molecule has 0 radical (unpaired) electrons. The molecule has 0 saturated heterocycles. The SMILES string of the molecule is COc1cccc2c1C=C[C@@H](OC)[C@H]2O. The molecule has 0 aliphatic heterocycles. The summed E-state index contributed by atoms with van der Waals surface area (Å²) in [6, 6.07) is 5.63. The van der Waals surface area contributed by atoms with Gasteiger partial charge < -0.3 is 14.6 Å². The van der Waals surface area contributed by atoms with Gasteiger partial charge in [0.25, 0.3) is 0 Å². The zero-order chi connectivity index (χ0) is 10.8. The normalized spacial score (nSPS) is 23.7. The number of aliphatic hydroxyl groups is 1. The zero-order valence-corrected chi connectivity index (χ0v) is 8.81. The number of aliphatic hydroxyl groups excluding tert-OH is 1. The molecule has 0 bridgehead atoms. The fraction of sp³-hybridized carbons (Fsp3) is 0.333. The molecular weight excluding hydrogens is 192 g/mol. The average Bonchev–Trinajstić information content (AvgIpc) is 2.29. The van der Waals surface area contributed by atoms with Crippen molar-refractivity contribution in [3.63, 3.8) is 0 Å². The van der Waals surface area contributed by atoms with E-state index in [1.54, 1.807) is 14.2 Å². The molecular formula is C12H14O3. The van der Waals surface area contributed by atoms with Gasteiger partial charge >= 0.3 is 0 Å². The van der Waals surface area contributed by atoms with Gasteiger partial charge in [0.2, 0.25) is 0 Å². The largest absolute Gasteiger partial charge is 0.496 e. The van der Waals surface area contributed by atoms with E-state index in [1.165, 1.54) is 0 Å². The van der Waals surface area contributed by atoms with Crippen LogP contribution in [0.25, 0.3) is 6.08 Å². The van der Waals surface area contributed by atoms with Crippen LogP contribution >= 0.6 is 0 Å². The standard InChI is InChI=1S/C12H14O3/c1-14-10-5-3-4-9-8(10)6-7-11(15-2)12(9)13/h3-7,11-13H,1-2H3/t11-,12+/m1/s1. The predicted molar refractivity (Wildman–Crippen MR) is 57.8 cm³/mol. The van der Waals surface area contributed by atoms with Gasteiger partial charge in [0.05, 0.1) is 7.11 Å². The van der Waals surface area contributed by atoms with Crippen molar-refractivity contribution in [2.45, 2.75) is 12.2 Å². The van der Waals surface area contributed by atoms with E-state index in [-0.39, 0.29) is 6.10 Å². The maximum atomic E-state index is 10.0. The molecule has 0 amide bonds. The van der Waals surface area contributed by atoms with E-state index in [4.69, 9.17) is 9.47 Å². The third kappa shape index (κ3) is 1.64. The minimum Gasteiger partial charge on any atom is -0.496 e. The van der Waals surface area contributed by atoms with E-state index < -0.39 is 6.10 Å². The maximum Gasteiger partial charge on any atom is 0.126 e. The van der Waals surface area contributed by atoms with Gasteiger partial charge in [0.1, 0.15) is 18.0 Å². The van der Waals surface area contributed by atoms with Crippen LogP contribution in [0.4, 0.5) is 0 Å². The lowest BCUT2D eigenvalue weighted by Crippen LogP contribution is -2.22. The second-order valence-corrected chi connectivity index (χ2v) is 3.47. The molecule has 1 aromatic rings. The van der Waals surface area contributed by atoms with Crippen molar-refractivity contribution in [2.75, 3.05) is 14.2 Å². The summed E-state index contributed by atoms with van der Waals surface area (Å²) >= 11 is 0. The number of ether oxygens (including phenoxy) is 2. The lowest BCUT2D eigenvalue weighted by molar-refractivity contribution is 0.0148. The monoisotopic (exact) mass is 206 g/mol. The Labute approximate surface area is 88.9 Å². The molecule has 0 saturated carbocycles. The number of fused-ring (bicyclic) bond motifs is 1. The van der Waals surface area contributed by atoms with E-state index in [9.17, 15) is 5.11 Å². The van der Waals surface area contributed by atoms with Gasteiger partial charge in [-0.15, -0.1) is 0 Å². The molecule has 1 N–H and O–H groups in total. The molecule has 1 aliphatic rings. The second-order valence-electron chi connectivity index (χ2n) is 3.47. The minimum atomic E-state index is -0.620. The third-order valence-corrected chi connectivity index (χ3v) is 2.67. The Morgan fingerprint density at radius 1 is 1.27 bits per heavy atom. The number of rotatable bonds is 2. The Morgan fingerprint density at radius 3 is 2.73 bits per heavy atom. The molecule has 2 atom stereocenters.